The molecule has 1 rings (SSSR count). The molecule has 0 spiro atoms. The fourth-order valence-electron chi connectivity index (χ4n) is 1.31. The molecule has 0 unspecified atom stereocenters. The van der Waals surface area contributed by atoms with Crippen LogP contribution in [-0.4, -0.2) is 34.5 Å². The minimum absolute atomic E-state index is 0.185. The number of rotatable bonds is 3. The molecule has 1 aromatic rings. The van der Waals surface area contributed by atoms with Gasteiger partial charge in [-0.3, -0.25) is 4.79 Å². The van der Waals surface area contributed by atoms with E-state index in [0.717, 1.165) is 20.9 Å². The molecule has 8 heteroatoms. The van der Waals surface area contributed by atoms with Crippen LogP contribution in [0.3, 0.4) is 0 Å². The van der Waals surface area contributed by atoms with Crippen LogP contribution in [0.25, 0.3) is 0 Å². The molecule has 0 aliphatic carbocycles. The third-order valence-corrected chi connectivity index (χ3v) is 3.00. The lowest BCUT2D eigenvalue weighted by Gasteiger charge is -2.31. The molecule has 0 saturated heterocycles. The van der Waals surface area contributed by atoms with Gasteiger partial charge in [-0.05, 0) is 19.9 Å². The number of likely N-dealkylation sites (N-methyl/N-ethyl adjacent to an activating group) is 1. The molecule has 1 amide bonds. The molecular weight excluding hydrogens is 282 g/mol. The van der Waals surface area contributed by atoms with Crippen molar-refractivity contribution in [3.05, 3.63) is 34.9 Å². The molecule has 0 fully saturated rings. The van der Waals surface area contributed by atoms with E-state index in [4.69, 9.17) is 5.11 Å². The van der Waals surface area contributed by atoms with Crippen molar-refractivity contribution in [3.63, 3.8) is 0 Å². The first-order chi connectivity index (χ1) is 9.01. The van der Waals surface area contributed by atoms with Crippen LogP contribution >= 0.6 is 0 Å². The van der Waals surface area contributed by atoms with E-state index in [1.54, 1.807) is 0 Å². The van der Waals surface area contributed by atoms with Gasteiger partial charge >= 0.3 is 5.97 Å². The van der Waals surface area contributed by atoms with Crippen molar-refractivity contribution in [1.82, 2.24) is 4.90 Å². The number of amides is 1. The zero-order chi connectivity index (χ0) is 15.8. The largest absolute Gasteiger partial charge is 0.480 e. The van der Waals surface area contributed by atoms with Gasteiger partial charge < -0.3 is 10.0 Å². The lowest BCUT2D eigenvalue weighted by molar-refractivity contribution is -0.147. The summed E-state index contributed by atoms with van der Waals surface area (Å²) in [5.74, 6) is -10.5. The summed E-state index contributed by atoms with van der Waals surface area (Å²) < 4.78 is 52.3. The van der Waals surface area contributed by atoms with E-state index in [-0.39, 0.29) is 6.07 Å². The highest BCUT2D eigenvalue weighted by Crippen LogP contribution is 2.22. The van der Waals surface area contributed by atoms with Crippen LogP contribution in [0, 0.1) is 23.3 Å². The first-order valence-electron chi connectivity index (χ1n) is 5.36. The highest BCUT2D eigenvalue weighted by Gasteiger charge is 2.37. The third-order valence-electron chi connectivity index (χ3n) is 3.00. The molecule has 0 heterocycles. The monoisotopic (exact) mass is 293 g/mol. The van der Waals surface area contributed by atoms with Gasteiger partial charge in [-0.15, -0.1) is 0 Å². The average Bonchev–Trinajstić information content (AvgIpc) is 2.38. The maximum Gasteiger partial charge on any atom is 0.329 e. The first kappa shape index (κ1) is 15.9. The van der Waals surface area contributed by atoms with Crippen molar-refractivity contribution < 1.29 is 32.3 Å². The molecule has 0 aromatic heterocycles. The number of carbonyl (C=O) groups excluding carboxylic acids is 1. The summed E-state index contributed by atoms with van der Waals surface area (Å²) in [5.41, 5.74) is -2.83. The Balaban J connectivity index is 3.33. The Morgan fingerprint density at radius 1 is 1.10 bits per heavy atom. The molecule has 4 nitrogen and oxygen atoms in total. The van der Waals surface area contributed by atoms with Gasteiger partial charge in [-0.25, -0.2) is 22.4 Å². The van der Waals surface area contributed by atoms with E-state index in [9.17, 15) is 27.2 Å². The van der Waals surface area contributed by atoms with Crippen molar-refractivity contribution >= 4 is 11.9 Å². The Morgan fingerprint density at radius 2 is 1.60 bits per heavy atom. The molecule has 0 radical (unpaired) electrons. The van der Waals surface area contributed by atoms with Gasteiger partial charge in [0.15, 0.2) is 23.3 Å². The lowest BCUT2D eigenvalue weighted by atomic mass is 10.0. The van der Waals surface area contributed by atoms with Gasteiger partial charge in [0.1, 0.15) is 5.54 Å². The SMILES string of the molecule is CN(C(=O)c1cc(F)c(F)c(F)c1F)C(C)(C)C(=O)O. The summed E-state index contributed by atoms with van der Waals surface area (Å²) in [6.45, 7) is 2.28. The van der Waals surface area contributed by atoms with Crippen LogP contribution in [0.15, 0.2) is 6.07 Å². The summed E-state index contributed by atoms with van der Waals surface area (Å²) in [7, 11) is 1.02. The summed E-state index contributed by atoms with van der Waals surface area (Å²) >= 11 is 0. The summed E-state index contributed by atoms with van der Waals surface area (Å²) in [6, 6.07) is 0.185. The Hall–Kier alpha value is -2.12. The second kappa shape index (κ2) is 5.10. The van der Waals surface area contributed by atoms with Crippen molar-refractivity contribution in [2.45, 2.75) is 19.4 Å². The van der Waals surface area contributed by atoms with Crippen LogP contribution in [0.2, 0.25) is 0 Å². The smallest absolute Gasteiger partial charge is 0.329 e. The second-order valence-corrected chi connectivity index (χ2v) is 4.58. The number of hydrogen-bond acceptors (Lipinski definition) is 2. The maximum atomic E-state index is 13.5. The summed E-state index contributed by atoms with van der Waals surface area (Å²) in [5, 5.41) is 8.93. The molecule has 0 saturated carbocycles. The molecule has 0 aliphatic rings. The van der Waals surface area contributed by atoms with Crippen LogP contribution in [0.1, 0.15) is 24.2 Å². The number of hydrogen-bond donors (Lipinski definition) is 1. The van der Waals surface area contributed by atoms with E-state index in [0.29, 0.717) is 4.90 Å². The predicted molar refractivity (Wildman–Crippen MR) is 60.1 cm³/mol. The van der Waals surface area contributed by atoms with Gasteiger partial charge in [-0.1, -0.05) is 0 Å². The molecule has 1 N–H and O–H groups in total. The number of halogens is 4. The van der Waals surface area contributed by atoms with Gasteiger partial charge in [0.2, 0.25) is 0 Å². The first-order valence-corrected chi connectivity index (χ1v) is 5.36. The van der Waals surface area contributed by atoms with Crippen LogP contribution < -0.4 is 0 Å². The van der Waals surface area contributed by atoms with E-state index in [1.807, 2.05) is 0 Å². The minimum atomic E-state index is -2.13. The van der Waals surface area contributed by atoms with Crippen LogP contribution in [0.5, 0.6) is 0 Å². The fourth-order valence-corrected chi connectivity index (χ4v) is 1.31. The Bertz CT molecular complexity index is 587. The van der Waals surface area contributed by atoms with Crippen molar-refractivity contribution in [3.8, 4) is 0 Å². The molecule has 1 aromatic carbocycles. The van der Waals surface area contributed by atoms with Crippen molar-refractivity contribution in [2.24, 2.45) is 0 Å². The van der Waals surface area contributed by atoms with E-state index < -0.39 is 46.2 Å². The second-order valence-electron chi connectivity index (χ2n) is 4.58. The number of carboxylic acid groups (broad SMARTS) is 1. The molecule has 0 bridgehead atoms. The zero-order valence-electron chi connectivity index (χ0n) is 10.8. The molecule has 0 aliphatic heterocycles. The van der Waals surface area contributed by atoms with Gasteiger partial charge in [0, 0.05) is 7.05 Å². The molecule has 0 atom stereocenters. The average molecular weight is 293 g/mol. The third kappa shape index (κ3) is 2.45. The normalized spacial score (nSPS) is 11.3. The van der Waals surface area contributed by atoms with Gasteiger partial charge in [-0.2, -0.15) is 0 Å². The van der Waals surface area contributed by atoms with Crippen LogP contribution in [-0.2, 0) is 4.79 Å². The number of nitrogens with zero attached hydrogens (tertiary/aromatic N) is 1. The van der Waals surface area contributed by atoms with E-state index in [1.165, 1.54) is 0 Å². The number of benzene rings is 1. The maximum absolute atomic E-state index is 13.5. The summed E-state index contributed by atoms with van der Waals surface area (Å²) in [6.07, 6.45) is 0. The topological polar surface area (TPSA) is 57.6 Å². The fraction of sp³-hybridized carbons (Fsp3) is 0.333. The van der Waals surface area contributed by atoms with Crippen molar-refractivity contribution in [1.29, 1.82) is 0 Å². The molecule has 20 heavy (non-hydrogen) atoms. The molecule has 110 valence electrons. The standard InChI is InChI=1S/C12H11F4NO3/c1-12(2,11(19)20)17(3)10(18)5-4-6(13)8(15)9(16)7(5)14/h4H,1-3H3,(H,19,20). The predicted octanol–water partition coefficient (Wildman–Crippen LogP) is 2.18. The number of aliphatic carboxylic acids is 1. The highest BCUT2D eigenvalue weighted by molar-refractivity contribution is 5.97. The zero-order valence-corrected chi connectivity index (χ0v) is 10.8. The van der Waals surface area contributed by atoms with E-state index in [2.05, 4.69) is 0 Å². The van der Waals surface area contributed by atoms with Gasteiger partial charge in [0.05, 0.1) is 5.56 Å². The Morgan fingerprint density at radius 3 is 2.05 bits per heavy atom. The summed E-state index contributed by atoms with van der Waals surface area (Å²) in [4.78, 5) is 23.5. The minimum Gasteiger partial charge on any atom is -0.480 e. The van der Waals surface area contributed by atoms with Crippen molar-refractivity contribution in [2.75, 3.05) is 7.05 Å². The lowest BCUT2D eigenvalue weighted by Crippen LogP contribution is -2.51. The Kier molecular flexibility index (Phi) is 4.07. The quantitative estimate of drug-likeness (QED) is 0.528. The number of carbonyl (C=O) groups is 2. The molecular formula is C12H11F4NO3. The van der Waals surface area contributed by atoms with E-state index >= 15 is 0 Å². The Labute approximate surface area is 111 Å². The number of carboxylic acids is 1. The van der Waals surface area contributed by atoms with Gasteiger partial charge in [0.25, 0.3) is 5.91 Å². The highest BCUT2D eigenvalue weighted by atomic mass is 19.2. The van der Waals surface area contributed by atoms with Crippen LogP contribution in [0.4, 0.5) is 17.6 Å².